The van der Waals surface area contributed by atoms with Crippen molar-refractivity contribution in [2.24, 2.45) is 5.41 Å². The van der Waals surface area contributed by atoms with Gasteiger partial charge >= 0.3 is 12.0 Å². The molecule has 7 nitrogen and oxygen atoms in total. The molecule has 2 heterocycles. The van der Waals surface area contributed by atoms with Gasteiger partial charge in [-0.1, -0.05) is 18.2 Å². The second kappa shape index (κ2) is 7.13. The molecule has 0 aliphatic carbocycles. The third-order valence-electron chi connectivity index (χ3n) is 4.92. The Labute approximate surface area is 146 Å². The van der Waals surface area contributed by atoms with Gasteiger partial charge < -0.3 is 19.9 Å². The third kappa shape index (κ3) is 3.45. The number of benzene rings is 1. The normalized spacial score (nSPS) is 18.7. The van der Waals surface area contributed by atoms with Crippen LogP contribution in [0.2, 0.25) is 0 Å². The van der Waals surface area contributed by atoms with Gasteiger partial charge in [0.1, 0.15) is 6.54 Å². The van der Waals surface area contributed by atoms with Crippen LogP contribution in [0.5, 0.6) is 0 Å². The van der Waals surface area contributed by atoms with Crippen LogP contribution in [0.3, 0.4) is 0 Å². The molecular formula is C18H23N3O4. The summed E-state index contributed by atoms with van der Waals surface area (Å²) in [6.07, 6.45) is 1.31. The fraction of sp³-hybridized carbons (Fsp3) is 0.500. The zero-order valence-electron chi connectivity index (χ0n) is 14.4. The predicted octanol–water partition coefficient (Wildman–Crippen LogP) is 1.39. The van der Waals surface area contributed by atoms with Crippen LogP contribution < -0.4 is 10.2 Å². The molecule has 0 bridgehead atoms. The Morgan fingerprint density at radius 1 is 1.20 bits per heavy atom. The summed E-state index contributed by atoms with van der Waals surface area (Å²) in [6.45, 7) is 3.62. The summed E-state index contributed by atoms with van der Waals surface area (Å²) in [5, 5.41) is 2.56. The Hall–Kier alpha value is -2.57. The number of likely N-dealkylation sites (tertiary alicyclic amines) is 1. The average Bonchev–Trinajstić information content (AvgIpc) is 2.65. The van der Waals surface area contributed by atoms with E-state index in [1.807, 2.05) is 30.3 Å². The number of para-hydroxylation sites is 1. The van der Waals surface area contributed by atoms with Crippen molar-refractivity contribution in [2.45, 2.75) is 19.8 Å². The van der Waals surface area contributed by atoms with Crippen LogP contribution in [0.15, 0.2) is 30.3 Å². The molecule has 2 aliphatic heterocycles. The van der Waals surface area contributed by atoms with Gasteiger partial charge in [0.25, 0.3) is 0 Å². The van der Waals surface area contributed by atoms with E-state index >= 15 is 0 Å². The smallest absolute Gasteiger partial charge is 0.325 e. The Balaban J connectivity index is 1.49. The van der Waals surface area contributed by atoms with Crippen molar-refractivity contribution >= 4 is 23.6 Å². The molecule has 134 valence electrons. The molecule has 2 saturated heterocycles. The molecule has 2 fully saturated rings. The highest BCUT2D eigenvalue weighted by atomic mass is 16.5. The average molecular weight is 345 g/mol. The molecule has 2 aliphatic rings. The Morgan fingerprint density at radius 3 is 2.48 bits per heavy atom. The Morgan fingerprint density at radius 2 is 1.88 bits per heavy atom. The molecule has 3 rings (SSSR count). The number of rotatable bonds is 4. The number of amides is 3. The number of carbonyl (C=O) groups excluding carboxylic acids is 3. The number of piperidine rings is 1. The number of β-lactam (4-membered cyclic amide) rings is 1. The fourth-order valence-electron chi connectivity index (χ4n) is 3.44. The van der Waals surface area contributed by atoms with Crippen LogP contribution in [0.25, 0.3) is 0 Å². The van der Waals surface area contributed by atoms with E-state index in [1.165, 1.54) is 0 Å². The summed E-state index contributed by atoms with van der Waals surface area (Å²) in [5.41, 5.74) is 0.584. The molecule has 0 radical (unpaired) electrons. The van der Waals surface area contributed by atoms with Gasteiger partial charge in [-0.25, -0.2) is 4.79 Å². The van der Waals surface area contributed by atoms with Crippen molar-refractivity contribution in [3.8, 4) is 0 Å². The monoisotopic (exact) mass is 345 g/mol. The number of nitrogens with one attached hydrogen (secondary N) is 1. The quantitative estimate of drug-likeness (QED) is 0.661. The number of ether oxygens (including phenoxy) is 1. The van der Waals surface area contributed by atoms with Crippen molar-refractivity contribution in [1.29, 1.82) is 0 Å². The summed E-state index contributed by atoms with van der Waals surface area (Å²) in [4.78, 5) is 39.5. The summed E-state index contributed by atoms with van der Waals surface area (Å²) in [7, 11) is 0. The van der Waals surface area contributed by atoms with Crippen molar-refractivity contribution in [2.75, 3.05) is 37.7 Å². The number of urea groups is 1. The zero-order chi connectivity index (χ0) is 17.9. The molecule has 7 heteroatoms. The summed E-state index contributed by atoms with van der Waals surface area (Å²) < 4.78 is 4.78. The second-order valence-corrected chi connectivity index (χ2v) is 6.46. The maximum absolute atomic E-state index is 12.6. The van der Waals surface area contributed by atoms with Gasteiger partial charge in [-0.2, -0.15) is 0 Å². The van der Waals surface area contributed by atoms with Crippen LogP contribution in [0.1, 0.15) is 19.8 Å². The van der Waals surface area contributed by atoms with E-state index in [-0.39, 0.29) is 23.9 Å². The van der Waals surface area contributed by atoms with E-state index in [1.54, 1.807) is 16.7 Å². The van der Waals surface area contributed by atoms with Crippen LogP contribution >= 0.6 is 0 Å². The Kier molecular flexibility index (Phi) is 4.92. The molecule has 3 amide bonds. The van der Waals surface area contributed by atoms with E-state index in [9.17, 15) is 14.4 Å². The molecule has 0 unspecified atom stereocenters. The van der Waals surface area contributed by atoms with Crippen molar-refractivity contribution in [3.63, 3.8) is 0 Å². The molecule has 1 spiro atoms. The van der Waals surface area contributed by atoms with Crippen LogP contribution in [0.4, 0.5) is 10.5 Å². The van der Waals surface area contributed by atoms with Gasteiger partial charge in [0.15, 0.2) is 0 Å². The van der Waals surface area contributed by atoms with Gasteiger partial charge in [0.05, 0.1) is 12.0 Å². The summed E-state index contributed by atoms with van der Waals surface area (Å²) in [6, 6.07) is 9.35. The van der Waals surface area contributed by atoms with E-state index in [0.717, 1.165) is 5.69 Å². The number of anilines is 1. The summed E-state index contributed by atoms with van der Waals surface area (Å²) >= 11 is 0. The number of carbonyl (C=O) groups is 3. The lowest BCUT2D eigenvalue weighted by Crippen LogP contribution is -2.65. The predicted molar refractivity (Wildman–Crippen MR) is 92.1 cm³/mol. The standard InChI is InChI=1S/C18H23N3O4/c1-2-25-15(22)12-19-17(24)20-10-8-18(9-11-20)13-21(16(18)23)14-6-4-3-5-7-14/h3-7H,2,8-13H2,1H3,(H,19,24). The largest absolute Gasteiger partial charge is 0.465 e. The lowest BCUT2D eigenvalue weighted by Gasteiger charge is -2.52. The van der Waals surface area contributed by atoms with E-state index in [2.05, 4.69) is 5.32 Å². The lowest BCUT2D eigenvalue weighted by atomic mass is 9.71. The Bertz CT molecular complexity index is 654. The number of nitrogens with zero attached hydrogens (tertiary/aromatic N) is 2. The topological polar surface area (TPSA) is 79.0 Å². The summed E-state index contributed by atoms with van der Waals surface area (Å²) in [5.74, 6) is -0.303. The van der Waals surface area contributed by atoms with E-state index in [0.29, 0.717) is 39.1 Å². The van der Waals surface area contributed by atoms with Crippen LogP contribution in [-0.4, -0.2) is 55.6 Å². The molecule has 1 aromatic carbocycles. The number of hydrogen-bond donors (Lipinski definition) is 1. The zero-order valence-corrected chi connectivity index (χ0v) is 14.4. The third-order valence-corrected chi connectivity index (χ3v) is 4.92. The van der Waals surface area contributed by atoms with Crippen LogP contribution in [-0.2, 0) is 14.3 Å². The van der Waals surface area contributed by atoms with Crippen molar-refractivity contribution in [3.05, 3.63) is 30.3 Å². The minimum Gasteiger partial charge on any atom is -0.465 e. The van der Waals surface area contributed by atoms with Crippen molar-refractivity contribution in [1.82, 2.24) is 10.2 Å². The number of esters is 1. The first-order valence-electron chi connectivity index (χ1n) is 8.61. The highest BCUT2D eigenvalue weighted by Crippen LogP contribution is 2.43. The molecule has 1 N–H and O–H groups in total. The van der Waals surface area contributed by atoms with Gasteiger partial charge in [0, 0.05) is 25.3 Å². The first-order valence-corrected chi connectivity index (χ1v) is 8.61. The van der Waals surface area contributed by atoms with Gasteiger partial charge in [-0.3, -0.25) is 9.59 Å². The minimum atomic E-state index is -0.447. The maximum atomic E-state index is 12.6. The van der Waals surface area contributed by atoms with Gasteiger partial charge in [-0.15, -0.1) is 0 Å². The van der Waals surface area contributed by atoms with Crippen LogP contribution in [0, 0.1) is 5.41 Å². The molecule has 0 aromatic heterocycles. The molecular weight excluding hydrogens is 322 g/mol. The molecule has 25 heavy (non-hydrogen) atoms. The van der Waals surface area contributed by atoms with Gasteiger partial charge in [0.2, 0.25) is 5.91 Å². The van der Waals surface area contributed by atoms with Crippen molar-refractivity contribution < 1.29 is 19.1 Å². The minimum absolute atomic E-state index is 0.130. The lowest BCUT2D eigenvalue weighted by molar-refractivity contribution is -0.141. The first-order chi connectivity index (χ1) is 12.1. The second-order valence-electron chi connectivity index (χ2n) is 6.46. The molecule has 1 aromatic rings. The highest BCUT2D eigenvalue weighted by Gasteiger charge is 2.53. The maximum Gasteiger partial charge on any atom is 0.325 e. The first kappa shape index (κ1) is 17.3. The number of hydrogen-bond acceptors (Lipinski definition) is 4. The SMILES string of the molecule is CCOC(=O)CNC(=O)N1CCC2(CC1)CN(c1ccccc1)C2=O. The highest BCUT2D eigenvalue weighted by molar-refractivity contribution is 6.04. The molecule has 0 saturated carbocycles. The molecule has 0 atom stereocenters. The van der Waals surface area contributed by atoms with Gasteiger partial charge in [-0.05, 0) is 31.9 Å². The van der Waals surface area contributed by atoms with E-state index < -0.39 is 5.97 Å². The van der Waals surface area contributed by atoms with E-state index in [4.69, 9.17) is 4.74 Å². The fourth-order valence-corrected chi connectivity index (χ4v) is 3.44.